The summed E-state index contributed by atoms with van der Waals surface area (Å²) in [5, 5.41) is 6.15. The van der Waals surface area contributed by atoms with Gasteiger partial charge in [0.2, 0.25) is 10.0 Å². The van der Waals surface area contributed by atoms with Crippen molar-refractivity contribution in [2.45, 2.75) is 11.8 Å². The summed E-state index contributed by atoms with van der Waals surface area (Å²) >= 11 is 0. The molecular formula is C20H21N7O4S. The van der Waals surface area contributed by atoms with Crippen molar-refractivity contribution in [2.75, 3.05) is 23.7 Å². The number of hydrogen-bond donors (Lipinski definition) is 3. The van der Waals surface area contributed by atoms with Gasteiger partial charge in [0, 0.05) is 32.4 Å². The summed E-state index contributed by atoms with van der Waals surface area (Å²) in [5.74, 6) is 1.20. The van der Waals surface area contributed by atoms with E-state index < -0.39 is 15.8 Å². The van der Waals surface area contributed by atoms with Gasteiger partial charge in [0.1, 0.15) is 23.8 Å². The summed E-state index contributed by atoms with van der Waals surface area (Å²) in [5.41, 5.74) is 1.79. The van der Waals surface area contributed by atoms with Crippen molar-refractivity contribution >= 4 is 38.6 Å². The number of oxazole rings is 1. The second-order valence-electron chi connectivity index (χ2n) is 7.01. The Morgan fingerprint density at radius 3 is 2.59 bits per heavy atom. The van der Waals surface area contributed by atoms with Gasteiger partial charge in [0.15, 0.2) is 5.58 Å². The van der Waals surface area contributed by atoms with Crippen molar-refractivity contribution < 1.29 is 12.8 Å². The van der Waals surface area contributed by atoms with E-state index in [4.69, 9.17) is 4.42 Å². The number of sulfonamides is 1. The van der Waals surface area contributed by atoms with Crippen LogP contribution in [0.3, 0.4) is 0 Å². The summed E-state index contributed by atoms with van der Waals surface area (Å²) < 4.78 is 34.0. The van der Waals surface area contributed by atoms with Crippen molar-refractivity contribution in [3.63, 3.8) is 0 Å². The van der Waals surface area contributed by atoms with Crippen LogP contribution >= 0.6 is 0 Å². The Bertz CT molecular complexity index is 1430. The summed E-state index contributed by atoms with van der Waals surface area (Å²) in [6.45, 7) is 2.39. The van der Waals surface area contributed by atoms with E-state index in [1.54, 1.807) is 12.3 Å². The molecule has 4 aromatic rings. The molecule has 3 heterocycles. The van der Waals surface area contributed by atoms with Gasteiger partial charge in [-0.2, -0.15) is 0 Å². The first-order valence-corrected chi connectivity index (χ1v) is 11.1. The molecule has 4 rings (SSSR count). The fraction of sp³-hybridized carbons (Fsp3) is 0.200. The van der Waals surface area contributed by atoms with Crippen LogP contribution in [0, 0.1) is 6.92 Å². The molecule has 0 spiro atoms. The Hall–Kier alpha value is -3.77. The standard InChI is InChI=1S/C20H21N7O4S/c1-13-5-6-21-18(9-13)26-19-11-17(23-12-24-19)22-7-8-25-32(29,30)14-3-4-16-15(10-14)27(2)20(28)31-16/h3-6,9-12,25H,7-8H2,1-2H3,(H2,21,22,23,24,26). The van der Waals surface area contributed by atoms with Crippen molar-refractivity contribution in [1.29, 1.82) is 0 Å². The minimum Gasteiger partial charge on any atom is -0.408 e. The number of aromatic nitrogens is 4. The third kappa shape index (κ3) is 4.76. The van der Waals surface area contributed by atoms with Crippen molar-refractivity contribution in [3.05, 3.63) is 65.0 Å². The summed E-state index contributed by atoms with van der Waals surface area (Å²) in [6.07, 6.45) is 3.10. The SMILES string of the molecule is Cc1ccnc(Nc2cc(NCCNS(=O)(=O)c3ccc4oc(=O)n(C)c4c3)ncn2)c1. The minimum atomic E-state index is -3.77. The second-order valence-corrected chi connectivity index (χ2v) is 8.78. The van der Waals surface area contributed by atoms with Gasteiger partial charge in [-0.3, -0.25) is 4.57 Å². The van der Waals surface area contributed by atoms with E-state index in [2.05, 4.69) is 30.3 Å². The van der Waals surface area contributed by atoms with Gasteiger partial charge in [-0.25, -0.2) is 32.9 Å². The van der Waals surface area contributed by atoms with Gasteiger partial charge in [0.25, 0.3) is 0 Å². The van der Waals surface area contributed by atoms with Crippen molar-refractivity contribution in [1.82, 2.24) is 24.2 Å². The maximum absolute atomic E-state index is 12.6. The smallest absolute Gasteiger partial charge is 0.408 e. The first-order valence-electron chi connectivity index (χ1n) is 9.67. The zero-order valence-electron chi connectivity index (χ0n) is 17.4. The van der Waals surface area contributed by atoms with Gasteiger partial charge < -0.3 is 15.1 Å². The fourth-order valence-corrected chi connectivity index (χ4v) is 4.04. The lowest BCUT2D eigenvalue weighted by Crippen LogP contribution is -2.29. The molecule has 11 nitrogen and oxygen atoms in total. The summed E-state index contributed by atoms with van der Waals surface area (Å²) in [6, 6.07) is 9.74. The predicted octanol–water partition coefficient (Wildman–Crippen LogP) is 1.76. The third-order valence-corrected chi connectivity index (χ3v) is 6.09. The Balaban J connectivity index is 1.35. The molecule has 0 unspecified atom stereocenters. The molecule has 0 saturated heterocycles. The quantitative estimate of drug-likeness (QED) is 0.338. The van der Waals surface area contributed by atoms with Gasteiger partial charge in [-0.05, 0) is 42.8 Å². The molecule has 3 N–H and O–H groups in total. The molecule has 0 aliphatic heterocycles. The molecule has 0 saturated carbocycles. The third-order valence-electron chi connectivity index (χ3n) is 4.64. The average Bonchev–Trinajstić information content (AvgIpc) is 3.05. The number of aryl methyl sites for hydroxylation is 2. The fourth-order valence-electron chi connectivity index (χ4n) is 2.99. The Morgan fingerprint density at radius 2 is 1.78 bits per heavy atom. The highest BCUT2D eigenvalue weighted by Gasteiger charge is 2.16. The highest BCUT2D eigenvalue weighted by Crippen LogP contribution is 2.18. The number of rotatable bonds is 8. The van der Waals surface area contributed by atoms with Gasteiger partial charge in [-0.1, -0.05) is 0 Å². The molecular weight excluding hydrogens is 434 g/mol. The Morgan fingerprint density at radius 1 is 1.00 bits per heavy atom. The van der Waals surface area contributed by atoms with E-state index in [0.717, 1.165) is 5.56 Å². The number of pyridine rings is 1. The van der Waals surface area contributed by atoms with Crippen LogP contribution < -0.4 is 21.1 Å². The van der Waals surface area contributed by atoms with Crippen LogP contribution in [0.25, 0.3) is 11.1 Å². The lowest BCUT2D eigenvalue weighted by atomic mass is 10.3. The van der Waals surface area contributed by atoms with E-state index in [9.17, 15) is 13.2 Å². The maximum Gasteiger partial charge on any atom is 0.419 e. The molecule has 0 aliphatic rings. The molecule has 0 aliphatic carbocycles. The normalized spacial score (nSPS) is 11.6. The Kier molecular flexibility index (Phi) is 5.88. The minimum absolute atomic E-state index is 0.0422. The van der Waals surface area contributed by atoms with Crippen LogP contribution in [0.1, 0.15) is 5.56 Å². The highest BCUT2D eigenvalue weighted by molar-refractivity contribution is 7.89. The topological polar surface area (TPSA) is 144 Å². The highest BCUT2D eigenvalue weighted by atomic mass is 32.2. The maximum atomic E-state index is 12.6. The van der Waals surface area contributed by atoms with Crippen LogP contribution in [0.15, 0.2) is 63.0 Å². The number of nitrogens with zero attached hydrogens (tertiary/aromatic N) is 4. The molecule has 166 valence electrons. The van der Waals surface area contributed by atoms with Gasteiger partial charge in [0.05, 0.1) is 10.4 Å². The van der Waals surface area contributed by atoms with E-state index in [0.29, 0.717) is 35.1 Å². The Labute approximate surface area is 183 Å². The van der Waals surface area contributed by atoms with Gasteiger partial charge >= 0.3 is 5.76 Å². The molecule has 1 aromatic carbocycles. The zero-order chi connectivity index (χ0) is 22.7. The zero-order valence-corrected chi connectivity index (χ0v) is 18.2. The van der Waals surface area contributed by atoms with E-state index in [-0.39, 0.29) is 11.4 Å². The number of benzene rings is 1. The molecule has 0 radical (unpaired) electrons. The molecule has 32 heavy (non-hydrogen) atoms. The first-order chi connectivity index (χ1) is 15.3. The van der Waals surface area contributed by atoms with Crippen LogP contribution in [0.2, 0.25) is 0 Å². The van der Waals surface area contributed by atoms with Crippen LogP contribution in [-0.4, -0.2) is 41.0 Å². The van der Waals surface area contributed by atoms with Gasteiger partial charge in [-0.15, -0.1) is 0 Å². The van der Waals surface area contributed by atoms with E-state index in [1.807, 2.05) is 19.1 Å². The second kappa shape index (κ2) is 8.77. The molecule has 3 aromatic heterocycles. The predicted molar refractivity (Wildman–Crippen MR) is 119 cm³/mol. The molecule has 0 fully saturated rings. The lowest BCUT2D eigenvalue weighted by Gasteiger charge is -2.10. The summed E-state index contributed by atoms with van der Waals surface area (Å²) in [4.78, 5) is 24.2. The average molecular weight is 456 g/mol. The number of anilines is 3. The molecule has 0 atom stereocenters. The van der Waals surface area contributed by atoms with Crippen LogP contribution in [0.5, 0.6) is 0 Å². The van der Waals surface area contributed by atoms with E-state index in [1.165, 1.54) is 36.1 Å². The number of nitrogens with one attached hydrogen (secondary N) is 3. The number of hydrogen-bond acceptors (Lipinski definition) is 9. The largest absolute Gasteiger partial charge is 0.419 e. The molecule has 0 amide bonds. The monoisotopic (exact) mass is 455 g/mol. The van der Waals surface area contributed by atoms with E-state index >= 15 is 0 Å². The summed E-state index contributed by atoms with van der Waals surface area (Å²) in [7, 11) is -2.25. The van der Waals surface area contributed by atoms with Crippen molar-refractivity contribution in [2.24, 2.45) is 7.05 Å². The first kappa shape index (κ1) is 21.5. The lowest BCUT2D eigenvalue weighted by molar-refractivity contribution is 0.528. The van der Waals surface area contributed by atoms with Crippen molar-refractivity contribution in [3.8, 4) is 0 Å². The van der Waals surface area contributed by atoms with Crippen LogP contribution in [0.4, 0.5) is 17.5 Å². The molecule has 12 heteroatoms. The molecule has 0 bridgehead atoms. The van der Waals surface area contributed by atoms with Crippen LogP contribution in [-0.2, 0) is 17.1 Å². The number of fused-ring (bicyclic) bond motifs is 1.